The zero-order valence-electron chi connectivity index (χ0n) is 11.2. The first-order valence-corrected chi connectivity index (χ1v) is 6.52. The zero-order chi connectivity index (χ0) is 14.8. The monoisotopic (exact) mass is 286 g/mol. The Balaban J connectivity index is 1.76. The molecule has 0 aromatic heterocycles. The number of nitrogens with zero attached hydrogens (tertiary/aromatic N) is 1. The summed E-state index contributed by atoms with van der Waals surface area (Å²) in [5.74, 6) is 1.31. The number of fused-ring (bicyclic) bond motifs is 1. The van der Waals surface area contributed by atoms with Crippen molar-refractivity contribution in [3.8, 4) is 11.5 Å². The minimum absolute atomic E-state index is 0.0527. The lowest BCUT2D eigenvalue weighted by Gasteiger charge is -2.08. The van der Waals surface area contributed by atoms with E-state index in [1.54, 1.807) is 30.3 Å². The van der Waals surface area contributed by atoms with Crippen molar-refractivity contribution in [1.29, 1.82) is 0 Å². The Morgan fingerprint density at radius 3 is 2.95 bits per heavy atom. The largest absolute Gasteiger partial charge is 0.491 e. The summed E-state index contributed by atoms with van der Waals surface area (Å²) in [5.41, 5.74) is 7.41. The number of hydrogen-bond donors (Lipinski definition) is 1. The molecular formula is C15H14N2O4. The molecule has 0 bridgehead atoms. The van der Waals surface area contributed by atoms with Crippen molar-refractivity contribution in [2.45, 2.75) is 12.6 Å². The first-order chi connectivity index (χ1) is 10.1. The average Bonchev–Trinajstić information content (AvgIpc) is 2.86. The molecule has 0 fully saturated rings. The van der Waals surface area contributed by atoms with Crippen LogP contribution in [0.3, 0.4) is 0 Å². The number of nitro groups is 1. The molecule has 1 unspecified atom stereocenters. The summed E-state index contributed by atoms with van der Waals surface area (Å²) < 4.78 is 11.1. The molecular weight excluding hydrogens is 272 g/mol. The lowest BCUT2D eigenvalue weighted by atomic mass is 10.1. The highest BCUT2D eigenvalue weighted by atomic mass is 16.6. The number of para-hydroxylation sites is 1. The van der Waals surface area contributed by atoms with Crippen LogP contribution in [0, 0.1) is 10.1 Å². The van der Waals surface area contributed by atoms with Crippen LogP contribution in [0.1, 0.15) is 17.2 Å². The maximum Gasteiger partial charge on any atom is 0.276 e. The molecule has 1 heterocycles. The van der Waals surface area contributed by atoms with E-state index in [2.05, 4.69) is 0 Å². The van der Waals surface area contributed by atoms with Gasteiger partial charge in [0.1, 0.15) is 24.7 Å². The van der Waals surface area contributed by atoms with Crippen LogP contribution in [0.5, 0.6) is 11.5 Å². The van der Waals surface area contributed by atoms with Crippen LogP contribution in [0.4, 0.5) is 5.69 Å². The topological polar surface area (TPSA) is 87.6 Å². The third-order valence-electron chi connectivity index (χ3n) is 3.39. The fraction of sp³-hybridized carbons (Fsp3) is 0.200. The molecule has 0 amide bonds. The third-order valence-corrected chi connectivity index (χ3v) is 3.39. The lowest BCUT2D eigenvalue weighted by molar-refractivity contribution is -0.385. The summed E-state index contributed by atoms with van der Waals surface area (Å²) in [6.45, 7) is 0.588. The molecule has 2 aromatic carbocycles. The second-order valence-corrected chi connectivity index (χ2v) is 4.79. The number of nitro benzene ring substituents is 1. The number of hydrogen-bond acceptors (Lipinski definition) is 5. The van der Waals surface area contributed by atoms with Gasteiger partial charge in [0.2, 0.25) is 0 Å². The smallest absolute Gasteiger partial charge is 0.276 e. The molecule has 21 heavy (non-hydrogen) atoms. The van der Waals surface area contributed by atoms with E-state index in [0.717, 1.165) is 5.56 Å². The minimum atomic E-state index is -0.413. The second kappa shape index (κ2) is 5.41. The first-order valence-electron chi connectivity index (χ1n) is 6.52. The molecule has 6 heteroatoms. The van der Waals surface area contributed by atoms with E-state index in [1.165, 1.54) is 6.07 Å². The van der Waals surface area contributed by atoms with Gasteiger partial charge in [-0.3, -0.25) is 10.1 Å². The Labute approximate surface area is 121 Å². The van der Waals surface area contributed by atoms with Gasteiger partial charge in [-0.15, -0.1) is 0 Å². The number of nitrogens with two attached hydrogens (primary N) is 1. The fourth-order valence-electron chi connectivity index (χ4n) is 2.28. The Morgan fingerprint density at radius 1 is 1.33 bits per heavy atom. The number of benzene rings is 2. The van der Waals surface area contributed by atoms with E-state index < -0.39 is 4.92 Å². The van der Waals surface area contributed by atoms with Gasteiger partial charge in [-0.2, -0.15) is 0 Å². The molecule has 0 aliphatic carbocycles. The Kier molecular flexibility index (Phi) is 3.45. The van der Waals surface area contributed by atoms with Crippen LogP contribution in [0.15, 0.2) is 42.5 Å². The van der Waals surface area contributed by atoms with Gasteiger partial charge in [-0.05, 0) is 18.2 Å². The molecule has 0 saturated carbocycles. The van der Waals surface area contributed by atoms with E-state index in [9.17, 15) is 10.1 Å². The van der Waals surface area contributed by atoms with Crippen LogP contribution in [-0.2, 0) is 6.61 Å². The maximum absolute atomic E-state index is 10.9. The number of rotatable bonds is 4. The fourth-order valence-corrected chi connectivity index (χ4v) is 2.28. The second-order valence-electron chi connectivity index (χ2n) is 4.79. The summed E-state index contributed by atoms with van der Waals surface area (Å²) >= 11 is 0. The van der Waals surface area contributed by atoms with Crippen LogP contribution in [-0.4, -0.2) is 11.5 Å². The molecule has 1 aliphatic rings. The highest BCUT2D eigenvalue weighted by Crippen LogP contribution is 2.34. The first kappa shape index (κ1) is 13.4. The molecule has 2 N–H and O–H groups in total. The van der Waals surface area contributed by atoms with Gasteiger partial charge in [-0.25, -0.2) is 0 Å². The van der Waals surface area contributed by atoms with E-state index in [-0.39, 0.29) is 18.3 Å². The zero-order valence-corrected chi connectivity index (χ0v) is 11.2. The summed E-state index contributed by atoms with van der Waals surface area (Å²) in [7, 11) is 0. The predicted molar refractivity (Wildman–Crippen MR) is 76.3 cm³/mol. The average molecular weight is 286 g/mol. The SMILES string of the molecule is NC1COc2cc(OCc3ccccc3[N+](=O)[O-])ccc21. The molecule has 6 nitrogen and oxygen atoms in total. The summed E-state index contributed by atoms with van der Waals surface area (Å²) in [6.07, 6.45) is 0. The Bertz CT molecular complexity index is 687. The van der Waals surface area contributed by atoms with E-state index >= 15 is 0 Å². The molecule has 1 aliphatic heterocycles. The van der Waals surface area contributed by atoms with Gasteiger partial charge in [0.25, 0.3) is 5.69 Å². The molecule has 3 rings (SSSR count). The quantitative estimate of drug-likeness (QED) is 0.689. The lowest BCUT2D eigenvalue weighted by Crippen LogP contribution is -2.10. The van der Waals surface area contributed by atoms with Gasteiger partial charge in [0, 0.05) is 17.7 Å². The van der Waals surface area contributed by atoms with Gasteiger partial charge in [-0.1, -0.05) is 12.1 Å². The molecule has 1 atom stereocenters. The van der Waals surface area contributed by atoms with Crippen molar-refractivity contribution in [2.75, 3.05) is 6.61 Å². The van der Waals surface area contributed by atoms with E-state index in [0.29, 0.717) is 23.7 Å². The molecule has 0 radical (unpaired) electrons. The van der Waals surface area contributed by atoms with Crippen LogP contribution < -0.4 is 15.2 Å². The number of ether oxygens (including phenoxy) is 2. The van der Waals surface area contributed by atoms with Crippen molar-refractivity contribution in [3.05, 3.63) is 63.7 Å². The Hall–Kier alpha value is -2.60. The van der Waals surface area contributed by atoms with Gasteiger partial charge >= 0.3 is 0 Å². The minimum Gasteiger partial charge on any atom is -0.491 e. The van der Waals surface area contributed by atoms with E-state index in [1.807, 2.05) is 6.07 Å². The summed E-state index contributed by atoms with van der Waals surface area (Å²) in [6, 6.07) is 11.8. The normalized spacial score (nSPS) is 16.1. The summed E-state index contributed by atoms with van der Waals surface area (Å²) in [4.78, 5) is 10.5. The van der Waals surface area contributed by atoms with Crippen LogP contribution >= 0.6 is 0 Å². The predicted octanol–water partition coefficient (Wildman–Crippen LogP) is 2.57. The highest BCUT2D eigenvalue weighted by molar-refractivity contribution is 5.45. The van der Waals surface area contributed by atoms with Gasteiger partial charge in [0.15, 0.2) is 0 Å². The third kappa shape index (κ3) is 2.66. The maximum atomic E-state index is 10.9. The van der Waals surface area contributed by atoms with Crippen molar-refractivity contribution >= 4 is 5.69 Å². The van der Waals surface area contributed by atoms with Gasteiger partial charge in [0.05, 0.1) is 16.5 Å². The summed E-state index contributed by atoms with van der Waals surface area (Å²) in [5, 5.41) is 10.9. The molecule has 108 valence electrons. The highest BCUT2D eigenvalue weighted by Gasteiger charge is 2.21. The van der Waals surface area contributed by atoms with Crippen molar-refractivity contribution in [2.24, 2.45) is 5.73 Å². The van der Waals surface area contributed by atoms with Crippen molar-refractivity contribution in [3.63, 3.8) is 0 Å². The van der Waals surface area contributed by atoms with Gasteiger partial charge < -0.3 is 15.2 Å². The van der Waals surface area contributed by atoms with Crippen molar-refractivity contribution in [1.82, 2.24) is 0 Å². The standard InChI is InChI=1S/C15H14N2O4/c16-13-9-21-15-7-11(5-6-12(13)15)20-8-10-3-1-2-4-14(10)17(18)19/h1-7,13H,8-9,16H2. The Morgan fingerprint density at radius 2 is 2.14 bits per heavy atom. The molecule has 2 aromatic rings. The van der Waals surface area contributed by atoms with E-state index in [4.69, 9.17) is 15.2 Å². The molecule has 0 saturated heterocycles. The van der Waals surface area contributed by atoms with Crippen LogP contribution in [0.2, 0.25) is 0 Å². The van der Waals surface area contributed by atoms with Crippen LogP contribution in [0.25, 0.3) is 0 Å². The molecule has 0 spiro atoms. The van der Waals surface area contributed by atoms with Crippen molar-refractivity contribution < 1.29 is 14.4 Å².